The van der Waals surface area contributed by atoms with Crippen LogP contribution in [0.15, 0.2) is 55.0 Å². The highest BCUT2D eigenvalue weighted by molar-refractivity contribution is 5.81. The number of hydrogen-bond donors (Lipinski definition) is 1. The second-order valence-corrected chi connectivity index (χ2v) is 8.78. The molecular weight excluding hydrogens is 382 g/mol. The third-order valence-corrected chi connectivity index (χ3v) is 6.63. The van der Waals surface area contributed by atoms with Gasteiger partial charge in [-0.15, -0.1) is 0 Å². The lowest BCUT2D eigenvalue weighted by Gasteiger charge is -2.29. The first-order valence-corrected chi connectivity index (χ1v) is 11.7. The Labute approximate surface area is 185 Å². The first-order chi connectivity index (χ1) is 15.4. The molecule has 2 fully saturated rings. The molecule has 3 aromatic heterocycles. The van der Waals surface area contributed by atoms with Crippen LogP contribution >= 0.6 is 0 Å². The van der Waals surface area contributed by atoms with Crippen molar-refractivity contribution in [3.8, 4) is 22.4 Å². The molecule has 0 atom stereocenters. The van der Waals surface area contributed by atoms with Crippen LogP contribution in [0.1, 0.15) is 37.8 Å². The molecule has 4 heterocycles. The molecule has 5 heteroatoms. The van der Waals surface area contributed by atoms with Gasteiger partial charge in [-0.25, -0.2) is 4.98 Å². The highest BCUT2D eigenvalue weighted by Gasteiger charge is 2.18. The summed E-state index contributed by atoms with van der Waals surface area (Å²) in [4.78, 5) is 16.5. The molecule has 0 amide bonds. The molecule has 5 rings (SSSR count). The highest BCUT2D eigenvalue weighted by atomic mass is 15.2. The Hall–Kier alpha value is -2.79. The van der Waals surface area contributed by atoms with E-state index in [1.54, 1.807) is 0 Å². The van der Waals surface area contributed by atoms with Crippen molar-refractivity contribution >= 4 is 5.82 Å². The molecule has 1 N–H and O–H groups in total. The van der Waals surface area contributed by atoms with Gasteiger partial charge >= 0.3 is 0 Å². The van der Waals surface area contributed by atoms with Crippen LogP contribution in [0.5, 0.6) is 0 Å². The number of nitrogens with zero attached hydrogens (tertiary/aromatic N) is 4. The lowest BCUT2D eigenvalue weighted by Crippen LogP contribution is -2.43. The van der Waals surface area contributed by atoms with Crippen molar-refractivity contribution in [2.24, 2.45) is 5.92 Å². The minimum Gasteiger partial charge on any atom is -0.354 e. The molecule has 160 valence electrons. The molecule has 1 aliphatic carbocycles. The average molecular weight is 414 g/mol. The zero-order chi connectivity index (χ0) is 20.9. The van der Waals surface area contributed by atoms with Crippen molar-refractivity contribution < 1.29 is 0 Å². The number of rotatable bonds is 5. The SMILES string of the molecule is c1cc(-c2ccc(N3CCNCC3)nc2-c2ccnc(CC3CCCCC3)c2)ccn1. The quantitative estimate of drug-likeness (QED) is 0.655. The third-order valence-electron chi connectivity index (χ3n) is 6.63. The van der Waals surface area contributed by atoms with Crippen LogP contribution in [0.4, 0.5) is 5.82 Å². The van der Waals surface area contributed by atoms with Crippen LogP contribution in [-0.4, -0.2) is 41.1 Å². The minimum absolute atomic E-state index is 0.774. The van der Waals surface area contributed by atoms with E-state index >= 15 is 0 Å². The van der Waals surface area contributed by atoms with Crippen molar-refractivity contribution in [1.29, 1.82) is 0 Å². The number of anilines is 1. The first-order valence-electron chi connectivity index (χ1n) is 11.7. The van der Waals surface area contributed by atoms with E-state index in [4.69, 9.17) is 9.97 Å². The Morgan fingerprint density at radius 1 is 0.871 bits per heavy atom. The zero-order valence-electron chi connectivity index (χ0n) is 18.1. The van der Waals surface area contributed by atoms with E-state index in [1.165, 1.54) is 37.8 Å². The summed E-state index contributed by atoms with van der Waals surface area (Å²) in [6, 6.07) is 12.9. The third kappa shape index (κ3) is 4.77. The summed E-state index contributed by atoms with van der Waals surface area (Å²) in [7, 11) is 0. The summed E-state index contributed by atoms with van der Waals surface area (Å²) >= 11 is 0. The summed E-state index contributed by atoms with van der Waals surface area (Å²) in [5.74, 6) is 1.83. The van der Waals surface area contributed by atoms with E-state index < -0.39 is 0 Å². The molecule has 1 saturated heterocycles. The van der Waals surface area contributed by atoms with Gasteiger partial charge in [-0.3, -0.25) is 9.97 Å². The summed E-state index contributed by atoms with van der Waals surface area (Å²) in [5.41, 5.74) is 5.68. The average Bonchev–Trinajstić information content (AvgIpc) is 2.86. The van der Waals surface area contributed by atoms with Crippen molar-refractivity contribution in [1.82, 2.24) is 20.3 Å². The lowest BCUT2D eigenvalue weighted by atomic mass is 9.86. The van der Waals surface area contributed by atoms with Crippen LogP contribution in [0.25, 0.3) is 22.4 Å². The maximum absolute atomic E-state index is 5.18. The molecule has 1 saturated carbocycles. The van der Waals surface area contributed by atoms with E-state index in [9.17, 15) is 0 Å². The summed E-state index contributed by atoms with van der Waals surface area (Å²) in [6.07, 6.45) is 13.5. The molecule has 0 bridgehead atoms. The zero-order valence-corrected chi connectivity index (χ0v) is 18.1. The summed E-state index contributed by atoms with van der Waals surface area (Å²) < 4.78 is 0. The van der Waals surface area contributed by atoms with Crippen molar-refractivity contribution in [2.75, 3.05) is 31.1 Å². The molecule has 0 unspecified atom stereocenters. The molecule has 0 radical (unpaired) electrons. The molecule has 2 aliphatic rings. The van der Waals surface area contributed by atoms with Crippen LogP contribution in [0.3, 0.4) is 0 Å². The summed E-state index contributed by atoms with van der Waals surface area (Å²) in [5, 5.41) is 3.43. The topological polar surface area (TPSA) is 53.9 Å². The van der Waals surface area contributed by atoms with E-state index in [1.807, 2.05) is 18.6 Å². The smallest absolute Gasteiger partial charge is 0.129 e. The number of piperazine rings is 1. The molecule has 5 nitrogen and oxygen atoms in total. The molecule has 0 spiro atoms. The van der Waals surface area contributed by atoms with Crippen LogP contribution in [-0.2, 0) is 6.42 Å². The number of hydrogen-bond acceptors (Lipinski definition) is 5. The van der Waals surface area contributed by atoms with Crippen LogP contribution < -0.4 is 10.2 Å². The van der Waals surface area contributed by atoms with Gasteiger partial charge < -0.3 is 10.2 Å². The molecular formula is C26H31N5. The van der Waals surface area contributed by atoms with Gasteiger partial charge in [0.1, 0.15) is 5.82 Å². The second kappa shape index (κ2) is 9.56. The van der Waals surface area contributed by atoms with Crippen molar-refractivity contribution in [3.05, 3.63) is 60.7 Å². The summed E-state index contributed by atoms with van der Waals surface area (Å²) in [6.45, 7) is 3.99. The Bertz CT molecular complexity index is 992. The van der Waals surface area contributed by atoms with Gasteiger partial charge in [0, 0.05) is 61.6 Å². The predicted octanol–water partition coefficient (Wildman–Crippen LogP) is 4.74. The van der Waals surface area contributed by atoms with E-state index in [2.05, 4.69) is 51.6 Å². The van der Waals surface area contributed by atoms with Crippen LogP contribution in [0.2, 0.25) is 0 Å². The normalized spacial score (nSPS) is 17.6. The monoisotopic (exact) mass is 413 g/mol. The standard InChI is InChI=1S/C26H31N5/c1-2-4-20(5-3-1)18-23-19-22(10-13-29-23)26-24(21-8-11-27-12-9-21)6-7-25(30-26)31-16-14-28-15-17-31/h6-13,19-20,28H,1-5,14-18H2. The fourth-order valence-electron chi connectivity index (χ4n) is 4.93. The Morgan fingerprint density at radius 3 is 2.45 bits per heavy atom. The molecule has 3 aromatic rings. The van der Waals surface area contributed by atoms with Gasteiger partial charge in [-0.1, -0.05) is 32.1 Å². The van der Waals surface area contributed by atoms with E-state index in [-0.39, 0.29) is 0 Å². The highest BCUT2D eigenvalue weighted by Crippen LogP contribution is 2.33. The number of nitrogens with one attached hydrogen (secondary N) is 1. The lowest BCUT2D eigenvalue weighted by molar-refractivity contribution is 0.354. The predicted molar refractivity (Wildman–Crippen MR) is 126 cm³/mol. The van der Waals surface area contributed by atoms with E-state index in [0.29, 0.717) is 0 Å². The molecule has 31 heavy (non-hydrogen) atoms. The maximum atomic E-state index is 5.18. The first kappa shape index (κ1) is 20.1. The number of aromatic nitrogens is 3. The van der Waals surface area contributed by atoms with Gasteiger partial charge in [0.15, 0.2) is 0 Å². The molecule has 0 aromatic carbocycles. The van der Waals surface area contributed by atoms with Crippen LogP contribution in [0, 0.1) is 5.92 Å². The fourth-order valence-corrected chi connectivity index (χ4v) is 4.93. The van der Waals surface area contributed by atoms with Crippen molar-refractivity contribution in [3.63, 3.8) is 0 Å². The molecule has 1 aliphatic heterocycles. The van der Waals surface area contributed by atoms with E-state index in [0.717, 1.165) is 66.7 Å². The maximum Gasteiger partial charge on any atom is 0.129 e. The van der Waals surface area contributed by atoms with Gasteiger partial charge in [-0.2, -0.15) is 0 Å². The Kier molecular flexibility index (Phi) is 6.21. The number of pyridine rings is 3. The Morgan fingerprint density at radius 2 is 1.65 bits per heavy atom. The fraction of sp³-hybridized carbons (Fsp3) is 0.423. The minimum atomic E-state index is 0.774. The van der Waals surface area contributed by atoms with Gasteiger partial charge in [-0.05, 0) is 54.3 Å². The van der Waals surface area contributed by atoms with Gasteiger partial charge in [0.25, 0.3) is 0 Å². The Balaban J connectivity index is 1.51. The second-order valence-electron chi connectivity index (χ2n) is 8.78. The van der Waals surface area contributed by atoms with Gasteiger partial charge in [0.2, 0.25) is 0 Å². The van der Waals surface area contributed by atoms with Crippen molar-refractivity contribution in [2.45, 2.75) is 38.5 Å². The van der Waals surface area contributed by atoms with Gasteiger partial charge in [0.05, 0.1) is 5.69 Å². The largest absolute Gasteiger partial charge is 0.354 e.